The highest BCUT2D eigenvalue weighted by Gasteiger charge is 2.09. The molecule has 0 saturated heterocycles. The Hall–Kier alpha value is -2.36. The number of ether oxygens (including phenoxy) is 1. The molecule has 0 aliphatic rings. The van der Waals surface area contributed by atoms with Crippen LogP contribution in [-0.2, 0) is 9.53 Å². The molecule has 4 heteroatoms. The molecule has 0 atom stereocenters. The third-order valence-corrected chi connectivity index (χ3v) is 2.71. The van der Waals surface area contributed by atoms with Gasteiger partial charge in [-0.1, -0.05) is 6.07 Å². The van der Waals surface area contributed by atoms with Gasteiger partial charge in [0.15, 0.2) is 6.20 Å². The topological polar surface area (TPSA) is 53.2 Å². The summed E-state index contributed by atoms with van der Waals surface area (Å²) in [5.74, 6) is -0.413. The van der Waals surface area contributed by atoms with E-state index in [2.05, 4.69) is 0 Å². The molecule has 0 amide bonds. The number of hydrogen-bond acceptors (Lipinski definition) is 3. The highest BCUT2D eigenvalue weighted by molar-refractivity contribution is 5.91. The molecule has 1 aromatic heterocycles. The molecule has 0 aliphatic heterocycles. The molecule has 2 aromatic rings. The number of pyridine rings is 1. The van der Waals surface area contributed by atoms with Crippen LogP contribution in [0.15, 0.2) is 36.5 Å². The number of benzene rings is 1. The summed E-state index contributed by atoms with van der Waals surface area (Å²) in [6.45, 7) is 3.95. The van der Waals surface area contributed by atoms with Crippen molar-refractivity contribution in [2.24, 2.45) is 0 Å². The molecular formula is C15H15NO3. The number of carbonyl (C=O) groups is 1. The second-order valence-corrected chi connectivity index (χ2v) is 4.21. The average Bonchev–Trinajstić information content (AvgIpc) is 2.36. The summed E-state index contributed by atoms with van der Waals surface area (Å²) in [5.41, 5.74) is 2.14. The Morgan fingerprint density at radius 1 is 1.47 bits per heavy atom. The number of aromatic nitrogens is 1. The minimum atomic E-state index is -0.413. The lowest BCUT2D eigenvalue weighted by molar-refractivity contribution is -0.577. The van der Waals surface area contributed by atoms with Crippen molar-refractivity contribution < 1.29 is 14.3 Å². The van der Waals surface area contributed by atoms with Crippen molar-refractivity contribution in [1.82, 2.24) is 0 Å². The van der Waals surface area contributed by atoms with E-state index >= 15 is 0 Å². The number of nitrogens with zero attached hydrogens (tertiary/aromatic N) is 1. The van der Waals surface area contributed by atoms with Crippen LogP contribution in [0.2, 0.25) is 0 Å². The summed E-state index contributed by atoms with van der Waals surface area (Å²) >= 11 is 0. The standard InChI is InChI=1S/C15H15NO3/c1-3-19-14(17)8-7-12-5-4-6-13-9-11(2)10-16(18)15(12)13/h4-10H,3H2,1-2H3/b8-7+. The molecule has 19 heavy (non-hydrogen) atoms. The predicted molar refractivity (Wildman–Crippen MR) is 73.3 cm³/mol. The lowest BCUT2D eigenvalue weighted by Gasteiger charge is -2.05. The van der Waals surface area contributed by atoms with Crippen LogP contribution in [0.5, 0.6) is 0 Å². The van der Waals surface area contributed by atoms with Gasteiger partial charge in [-0.2, -0.15) is 4.73 Å². The molecule has 0 radical (unpaired) electrons. The van der Waals surface area contributed by atoms with Crippen molar-refractivity contribution in [3.8, 4) is 0 Å². The molecular weight excluding hydrogens is 242 g/mol. The fourth-order valence-corrected chi connectivity index (χ4v) is 1.97. The quantitative estimate of drug-likeness (QED) is 0.367. The monoisotopic (exact) mass is 257 g/mol. The highest BCUT2D eigenvalue weighted by atomic mass is 16.5. The predicted octanol–water partition coefficient (Wildman–Crippen LogP) is 2.36. The molecule has 0 aliphatic carbocycles. The van der Waals surface area contributed by atoms with Crippen molar-refractivity contribution >= 4 is 22.9 Å². The molecule has 0 saturated carbocycles. The lowest BCUT2D eigenvalue weighted by Crippen LogP contribution is -2.27. The normalized spacial score (nSPS) is 11.1. The first-order valence-corrected chi connectivity index (χ1v) is 6.09. The first-order chi connectivity index (χ1) is 9.11. The average molecular weight is 257 g/mol. The number of hydrogen-bond donors (Lipinski definition) is 0. The number of aryl methyl sites for hydroxylation is 1. The van der Waals surface area contributed by atoms with Gasteiger partial charge in [0.05, 0.1) is 6.61 Å². The van der Waals surface area contributed by atoms with Gasteiger partial charge in [0.2, 0.25) is 5.52 Å². The van der Waals surface area contributed by atoms with Gasteiger partial charge >= 0.3 is 5.97 Å². The van der Waals surface area contributed by atoms with Gasteiger partial charge in [0.25, 0.3) is 0 Å². The second-order valence-electron chi connectivity index (χ2n) is 4.21. The molecule has 4 nitrogen and oxygen atoms in total. The van der Waals surface area contributed by atoms with Gasteiger partial charge in [-0.3, -0.25) is 0 Å². The van der Waals surface area contributed by atoms with E-state index in [0.717, 1.165) is 15.7 Å². The van der Waals surface area contributed by atoms with Crippen LogP contribution in [0.25, 0.3) is 17.0 Å². The van der Waals surface area contributed by atoms with Crippen molar-refractivity contribution in [2.75, 3.05) is 6.61 Å². The highest BCUT2D eigenvalue weighted by Crippen LogP contribution is 2.17. The van der Waals surface area contributed by atoms with E-state index in [9.17, 15) is 10.0 Å². The van der Waals surface area contributed by atoms with E-state index in [1.165, 1.54) is 12.3 Å². The van der Waals surface area contributed by atoms with Gasteiger partial charge in [0.1, 0.15) is 0 Å². The van der Waals surface area contributed by atoms with Crippen LogP contribution in [0, 0.1) is 12.1 Å². The summed E-state index contributed by atoms with van der Waals surface area (Å²) in [5, 5.41) is 12.8. The van der Waals surface area contributed by atoms with Gasteiger partial charge in [-0.15, -0.1) is 0 Å². The Morgan fingerprint density at radius 3 is 3.00 bits per heavy atom. The molecule has 98 valence electrons. The molecule has 1 aromatic carbocycles. The van der Waals surface area contributed by atoms with E-state index < -0.39 is 5.97 Å². The molecule has 2 rings (SSSR count). The smallest absolute Gasteiger partial charge is 0.330 e. The zero-order chi connectivity index (χ0) is 13.8. The van der Waals surface area contributed by atoms with Crippen LogP contribution >= 0.6 is 0 Å². The summed E-state index contributed by atoms with van der Waals surface area (Å²) in [4.78, 5) is 11.3. The van der Waals surface area contributed by atoms with E-state index in [-0.39, 0.29) is 0 Å². The summed E-state index contributed by atoms with van der Waals surface area (Å²) in [7, 11) is 0. The van der Waals surface area contributed by atoms with Gasteiger partial charge in [-0.05, 0) is 38.1 Å². The van der Waals surface area contributed by atoms with Crippen LogP contribution in [0.1, 0.15) is 18.1 Å². The molecule has 1 heterocycles. The number of fused-ring (bicyclic) bond motifs is 1. The number of para-hydroxylation sites is 1. The third kappa shape index (κ3) is 2.91. The second kappa shape index (κ2) is 5.52. The molecule has 0 spiro atoms. The number of esters is 1. The van der Waals surface area contributed by atoms with Crippen LogP contribution in [-0.4, -0.2) is 12.6 Å². The Balaban J connectivity index is 2.47. The van der Waals surface area contributed by atoms with Gasteiger partial charge < -0.3 is 9.94 Å². The minimum absolute atomic E-state index is 0.333. The van der Waals surface area contributed by atoms with Crippen LogP contribution in [0.3, 0.4) is 0 Å². The van der Waals surface area contributed by atoms with E-state index in [1.54, 1.807) is 19.1 Å². The molecule has 0 unspecified atom stereocenters. The fraction of sp³-hybridized carbons (Fsp3) is 0.200. The Bertz CT molecular complexity index is 647. The molecule has 0 fully saturated rings. The van der Waals surface area contributed by atoms with Crippen molar-refractivity contribution in [1.29, 1.82) is 0 Å². The lowest BCUT2D eigenvalue weighted by atomic mass is 10.1. The summed E-state index contributed by atoms with van der Waals surface area (Å²) < 4.78 is 5.64. The van der Waals surface area contributed by atoms with Crippen molar-refractivity contribution in [3.05, 3.63) is 52.9 Å². The first-order valence-electron chi connectivity index (χ1n) is 6.09. The zero-order valence-electron chi connectivity index (χ0n) is 10.9. The van der Waals surface area contributed by atoms with Crippen LogP contribution < -0.4 is 4.73 Å². The Morgan fingerprint density at radius 2 is 2.26 bits per heavy atom. The Kier molecular flexibility index (Phi) is 3.80. The van der Waals surface area contributed by atoms with Gasteiger partial charge in [-0.25, -0.2) is 4.79 Å². The maximum atomic E-state index is 12.0. The van der Waals surface area contributed by atoms with Crippen LogP contribution in [0.4, 0.5) is 0 Å². The van der Waals surface area contributed by atoms with Gasteiger partial charge in [0, 0.05) is 22.6 Å². The third-order valence-electron chi connectivity index (χ3n) is 2.71. The summed E-state index contributed by atoms with van der Waals surface area (Å²) in [6.07, 6.45) is 4.45. The maximum absolute atomic E-state index is 12.0. The number of carbonyl (C=O) groups excluding carboxylic acids is 1. The maximum Gasteiger partial charge on any atom is 0.330 e. The largest absolute Gasteiger partial charge is 0.618 e. The molecule has 0 bridgehead atoms. The summed E-state index contributed by atoms with van der Waals surface area (Å²) in [6, 6.07) is 7.46. The SMILES string of the molecule is CCOC(=O)/C=C/c1cccc2cc(C)c[n+]([O-])c12. The first kappa shape index (κ1) is 13.1. The van der Waals surface area contributed by atoms with Crippen molar-refractivity contribution in [3.63, 3.8) is 0 Å². The van der Waals surface area contributed by atoms with E-state index in [1.807, 2.05) is 25.1 Å². The van der Waals surface area contributed by atoms with Crippen molar-refractivity contribution in [2.45, 2.75) is 13.8 Å². The molecule has 0 N–H and O–H groups in total. The van der Waals surface area contributed by atoms with E-state index in [4.69, 9.17) is 4.74 Å². The Labute approximate surface area is 111 Å². The van der Waals surface area contributed by atoms with E-state index in [0.29, 0.717) is 17.7 Å². The zero-order valence-corrected chi connectivity index (χ0v) is 10.9. The minimum Gasteiger partial charge on any atom is -0.618 e. The number of rotatable bonds is 3. The fourth-order valence-electron chi connectivity index (χ4n) is 1.97.